The van der Waals surface area contributed by atoms with Crippen LogP contribution in [0.5, 0.6) is 0 Å². The van der Waals surface area contributed by atoms with E-state index in [0.29, 0.717) is 35.3 Å². The van der Waals surface area contributed by atoms with E-state index in [-0.39, 0.29) is 11.6 Å². The van der Waals surface area contributed by atoms with Crippen LogP contribution < -0.4 is 5.32 Å². The highest BCUT2D eigenvalue weighted by atomic mass is 35.5. The lowest BCUT2D eigenvalue weighted by Crippen LogP contribution is -2.17. The molecule has 0 bridgehead atoms. The number of carbonyl (C=O) groups excluding carboxylic acids is 1. The number of aryl methyl sites for hydroxylation is 4. The second kappa shape index (κ2) is 8.63. The van der Waals surface area contributed by atoms with Gasteiger partial charge in [-0.2, -0.15) is 10.2 Å². The maximum Gasteiger partial charge on any atom is 0.279 e. The fourth-order valence-corrected chi connectivity index (χ4v) is 3.73. The van der Waals surface area contributed by atoms with Crippen LogP contribution in [0, 0.1) is 34.6 Å². The third-order valence-corrected chi connectivity index (χ3v) is 6.15. The second-order valence-corrected chi connectivity index (χ2v) is 8.30. The number of nitrogens with one attached hydrogen (secondary N) is 1. The number of benzene rings is 1. The molecule has 8 nitrogen and oxygen atoms in total. The minimum absolute atomic E-state index is 0.206. The third-order valence-electron chi connectivity index (χ3n) is 5.60. The van der Waals surface area contributed by atoms with E-state index >= 15 is 0 Å². The van der Waals surface area contributed by atoms with Gasteiger partial charge in [-0.25, -0.2) is 0 Å². The molecule has 1 aromatic carbocycles. The number of anilines is 1. The van der Waals surface area contributed by atoms with E-state index in [4.69, 9.17) is 16.1 Å². The predicted molar refractivity (Wildman–Crippen MR) is 122 cm³/mol. The van der Waals surface area contributed by atoms with Crippen LogP contribution in [0.25, 0.3) is 0 Å². The van der Waals surface area contributed by atoms with Gasteiger partial charge in [0.2, 0.25) is 0 Å². The first-order valence-electron chi connectivity index (χ1n) is 10.3. The Bertz CT molecular complexity index is 1300. The summed E-state index contributed by atoms with van der Waals surface area (Å²) < 4.78 is 8.93. The Morgan fingerprint density at radius 2 is 1.81 bits per heavy atom. The Morgan fingerprint density at radius 1 is 1.06 bits per heavy atom. The predicted octanol–water partition coefficient (Wildman–Crippen LogP) is 4.61. The Morgan fingerprint density at radius 3 is 2.50 bits per heavy atom. The molecule has 0 spiro atoms. The van der Waals surface area contributed by atoms with Crippen molar-refractivity contribution in [2.75, 3.05) is 5.32 Å². The molecule has 0 atom stereocenters. The summed E-state index contributed by atoms with van der Waals surface area (Å²) in [4.78, 5) is 13.0. The first-order chi connectivity index (χ1) is 15.2. The van der Waals surface area contributed by atoms with E-state index in [9.17, 15) is 4.79 Å². The summed E-state index contributed by atoms with van der Waals surface area (Å²) in [6.45, 7) is 10.5. The first-order valence-corrected chi connectivity index (χ1v) is 10.7. The zero-order chi connectivity index (χ0) is 23.0. The summed E-state index contributed by atoms with van der Waals surface area (Å²) in [6.07, 6.45) is 0. The normalized spacial score (nSPS) is 11.2. The largest absolute Gasteiger partial charge is 0.361 e. The smallest absolute Gasteiger partial charge is 0.279 e. The summed E-state index contributed by atoms with van der Waals surface area (Å²) in [6, 6.07) is 10.0. The van der Waals surface area contributed by atoms with Crippen molar-refractivity contribution in [2.45, 2.75) is 47.7 Å². The van der Waals surface area contributed by atoms with Crippen LogP contribution >= 0.6 is 11.6 Å². The van der Waals surface area contributed by atoms with E-state index < -0.39 is 0 Å². The van der Waals surface area contributed by atoms with Crippen molar-refractivity contribution in [3.63, 3.8) is 0 Å². The molecular formula is C23H25ClN6O2. The summed E-state index contributed by atoms with van der Waals surface area (Å²) in [5.41, 5.74) is 5.73. The fourth-order valence-electron chi connectivity index (χ4n) is 3.59. The van der Waals surface area contributed by atoms with Gasteiger partial charge in [0.25, 0.3) is 5.91 Å². The Kier molecular flexibility index (Phi) is 5.88. The molecule has 0 radical (unpaired) electrons. The topological polar surface area (TPSA) is 90.8 Å². The van der Waals surface area contributed by atoms with E-state index in [1.807, 2.05) is 43.7 Å². The lowest BCUT2D eigenvalue weighted by atomic mass is 10.1. The van der Waals surface area contributed by atoms with Crippen molar-refractivity contribution in [2.24, 2.45) is 0 Å². The van der Waals surface area contributed by atoms with Crippen LogP contribution in [0.3, 0.4) is 0 Å². The summed E-state index contributed by atoms with van der Waals surface area (Å²) in [7, 11) is 0. The standard InChI is InChI=1S/C23H25ClN6O2/c1-13-8-6-7-9-18(13)11-29-14(2)10-20(27-29)25-23(31)22-19(17(5)32-28-22)12-30-16(4)21(24)15(3)26-30/h6-10H,11-12H2,1-5H3,(H,25,27,31). The molecule has 166 valence electrons. The van der Waals surface area contributed by atoms with E-state index in [0.717, 1.165) is 17.1 Å². The molecule has 32 heavy (non-hydrogen) atoms. The van der Waals surface area contributed by atoms with Crippen LogP contribution in [0.1, 0.15) is 50.0 Å². The number of aromatic nitrogens is 5. The van der Waals surface area contributed by atoms with Crippen LogP contribution in [0.2, 0.25) is 5.02 Å². The van der Waals surface area contributed by atoms with Gasteiger partial charge in [0.05, 0.1) is 29.5 Å². The Hall–Kier alpha value is -3.39. The summed E-state index contributed by atoms with van der Waals surface area (Å²) >= 11 is 6.26. The maximum absolute atomic E-state index is 13.0. The van der Waals surface area contributed by atoms with Crippen LogP contribution in [-0.4, -0.2) is 30.6 Å². The molecule has 9 heteroatoms. The van der Waals surface area contributed by atoms with Gasteiger partial charge in [-0.05, 0) is 45.7 Å². The maximum atomic E-state index is 13.0. The van der Waals surface area contributed by atoms with E-state index in [1.165, 1.54) is 11.1 Å². The highest BCUT2D eigenvalue weighted by Gasteiger charge is 2.23. The molecule has 4 rings (SSSR count). The van der Waals surface area contributed by atoms with Gasteiger partial charge in [0.1, 0.15) is 5.76 Å². The molecule has 0 saturated heterocycles. The van der Waals surface area contributed by atoms with Crippen molar-refractivity contribution in [1.29, 1.82) is 0 Å². The molecule has 0 saturated carbocycles. The highest BCUT2D eigenvalue weighted by molar-refractivity contribution is 6.31. The SMILES string of the molecule is Cc1ccccc1Cn1nc(NC(=O)c2noc(C)c2Cn2nc(C)c(Cl)c2C)cc1C. The Labute approximate surface area is 191 Å². The average Bonchev–Trinajstić information content (AvgIpc) is 3.36. The van der Waals surface area contributed by atoms with Gasteiger partial charge in [-0.15, -0.1) is 0 Å². The van der Waals surface area contributed by atoms with Crippen molar-refractivity contribution < 1.29 is 9.32 Å². The molecule has 0 aliphatic heterocycles. The fraction of sp³-hybridized carbons (Fsp3) is 0.304. The Balaban J connectivity index is 1.54. The average molecular weight is 453 g/mol. The number of halogens is 1. The van der Waals surface area contributed by atoms with Crippen LogP contribution in [0.15, 0.2) is 34.9 Å². The van der Waals surface area contributed by atoms with Crippen LogP contribution in [-0.2, 0) is 13.1 Å². The number of rotatable bonds is 6. The molecule has 0 aliphatic rings. The van der Waals surface area contributed by atoms with Crippen molar-refractivity contribution >= 4 is 23.3 Å². The molecule has 1 amide bonds. The molecule has 0 unspecified atom stereocenters. The molecule has 1 N–H and O–H groups in total. The van der Waals surface area contributed by atoms with Gasteiger partial charge in [-0.1, -0.05) is 41.0 Å². The second-order valence-electron chi connectivity index (χ2n) is 7.92. The van der Waals surface area contributed by atoms with Crippen molar-refractivity contribution in [3.05, 3.63) is 80.6 Å². The number of hydrogen-bond acceptors (Lipinski definition) is 5. The number of amides is 1. The number of hydrogen-bond donors (Lipinski definition) is 1. The highest BCUT2D eigenvalue weighted by Crippen LogP contribution is 2.23. The lowest BCUT2D eigenvalue weighted by Gasteiger charge is -2.07. The van der Waals surface area contributed by atoms with Gasteiger partial charge < -0.3 is 9.84 Å². The van der Waals surface area contributed by atoms with Crippen molar-refractivity contribution in [3.8, 4) is 0 Å². The van der Waals surface area contributed by atoms with Crippen LogP contribution in [0.4, 0.5) is 5.82 Å². The molecular weight excluding hydrogens is 428 g/mol. The zero-order valence-corrected chi connectivity index (χ0v) is 19.5. The summed E-state index contributed by atoms with van der Waals surface area (Å²) in [5.74, 6) is 0.631. The first kappa shape index (κ1) is 21.8. The van der Waals surface area contributed by atoms with E-state index in [2.05, 4.69) is 39.7 Å². The number of carbonyl (C=O) groups is 1. The monoisotopic (exact) mass is 452 g/mol. The van der Waals surface area contributed by atoms with Gasteiger partial charge in [0.15, 0.2) is 11.5 Å². The molecule has 3 aromatic heterocycles. The third kappa shape index (κ3) is 4.18. The van der Waals surface area contributed by atoms with Crippen molar-refractivity contribution in [1.82, 2.24) is 24.7 Å². The minimum atomic E-state index is -0.384. The molecule has 0 fully saturated rings. The quantitative estimate of drug-likeness (QED) is 0.461. The lowest BCUT2D eigenvalue weighted by molar-refractivity contribution is 0.101. The van der Waals surface area contributed by atoms with E-state index in [1.54, 1.807) is 11.6 Å². The van der Waals surface area contributed by atoms with Gasteiger partial charge >= 0.3 is 0 Å². The molecule has 4 aromatic rings. The zero-order valence-electron chi connectivity index (χ0n) is 18.7. The summed E-state index contributed by atoms with van der Waals surface area (Å²) in [5, 5.41) is 16.4. The van der Waals surface area contributed by atoms with Gasteiger partial charge in [-0.3, -0.25) is 14.2 Å². The molecule has 0 aliphatic carbocycles. The van der Waals surface area contributed by atoms with Gasteiger partial charge in [0, 0.05) is 17.3 Å². The molecule has 3 heterocycles. The number of nitrogens with zero attached hydrogens (tertiary/aromatic N) is 5. The minimum Gasteiger partial charge on any atom is -0.361 e.